The molecule has 1 N–H and O–H groups in total. The summed E-state index contributed by atoms with van der Waals surface area (Å²) in [4.78, 5) is 14.6. The first-order chi connectivity index (χ1) is 14.6. The maximum atomic E-state index is 12.9. The highest BCUT2D eigenvalue weighted by molar-refractivity contribution is 7.94. The van der Waals surface area contributed by atoms with E-state index in [1.54, 1.807) is 26.0 Å². The van der Waals surface area contributed by atoms with Gasteiger partial charge in [-0.25, -0.2) is 21.1 Å². The van der Waals surface area contributed by atoms with Crippen molar-refractivity contribution in [1.29, 1.82) is 0 Å². The van der Waals surface area contributed by atoms with E-state index in [4.69, 9.17) is 0 Å². The molecule has 2 aromatic rings. The summed E-state index contributed by atoms with van der Waals surface area (Å²) in [5.41, 5.74) is 2.01. The van der Waals surface area contributed by atoms with Crippen LogP contribution in [-0.4, -0.2) is 41.6 Å². The summed E-state index contributed by atoms with van der Waals surface area (Å²) in [5, 5.41) is 0. The number of benzene rings is 2. The summed E-state index contributed by atoms with van der Waals surface area (Å²) in [6, 6.07) is 11.3. The molecule has 4 rings (SSSR count). The highest BCUT2D eigenvalue weighted by atomic mass is 32.2. The number of hydrogen-bond donors (Lipinski definition) is 1. The molecule has 0 saturated carbocycles. The number of carbonyl (C=O) groups excluding carboxylic acids is 1. The van der Waals surface area contributed by atoms with Crippen LogP contribution in [0.2, 0.25) is 0 Å². The van der Waals surface area contributed by atoms with E-state index in [-0.39, 0.29) is 16.3 Å². The van der Waals surface area contributed by atoms with Gasteiger partial charge in [-0.05, 0) is 67.8 Å². The molecular formula is C21H25N3O5S2. The fourth-order valence-corrected chi connectivity index (χ4v) is 7.17. The van der Waals surface area contributed by atoms with Gasteiger partial charge in [0.2, 0.25) is 15.9 Å². The smallest absolute Gasteiger partial charge is 0.262 e. The minimum Gasteiger partial charge on any atom is -0.372 e. The highest BCUT2D eigenvalue weighted by Crippen LogP contribution is 2.31. The molecule has 2 aliphatic rings. The number of amides is 1. The first kappa shape index (κ1) is 21.6. The Balaban J connectivity index is 1.57. The highest BCUT2D eigenvalue weighted by Gasteiger charge is 2.42. The van der Waals surface area contributed by atoms with Gasteiger partial charge in [0, 0.05) is 24.5 Å². The Morgan fingerprint density at radius 3 is 2.16 bits per heavy atom. The van der Waals surface area contributed by atoms with Crippen LogP contribution in [0.25, 0.3) is 0 Å². The topological polar surface area (TPSA) is 104 Å². The molecule has 0 bridgehead atoms. The van der Waals surface area contributed by atoms with Gasteiger partial charge in [-0.1, -0.05) is 6.92 Å². The van der Waals surface area contributed by atoms with E-state index in [1.807, 2.05) is 12.1 Å². The average molecular weight is 464 g/mol. The molecule has 2 heterocycles. The molecule has 2 saturated heterocycles. The van der Waals surface area contributed by atoms with Crippen LogP contribution in [0.3, 0.4) is 0 Å². The van der Waals surface area contributed by atoms with E-state index >= 15 is 0 Å². The number of rotatable bonds is 5. The van der Waals surface area contributed by atoms with Crippen LogP contribution in [-0.2, 0) is 24.8 Å². The molecule has 0 radical (unpaired) electrons. The van der Waals surface area contributed by atoms with Crippen LogP contribution < -0.4 is 13.9 Å². The Kier molecular flexibility index (Phi) is 5.47. The van der Waals surface area contributed by atoms with Gasteiger partial charge in [0.15, 0.2) is 0 Å². The molecule has 1 amide bonds. The van der Waals surface area contributed by atoms with Crippen LogP contribution in [0.4, 0.5) is 17.1 Å². The van der Waals surface area contributed by atoms with E-state index in [1.165, 1.54) is 18.2 Å². The maximum absolute atomic E-state index is 12.9. The Morgan fingerprint density at radius 2 is 1.61 bits per heavy atom. The normalized spacial score (nSPS) is 21.0. The molecule has 1 atom stereocenters. The average Bonchev–Trinajstić information content (AvgIpc) is 3.28. The fraction of sp³-hybridized carbons (Fsp3) is 0.381. The molecule has 0 aromatic heterocycles. The number of anilines is 3. The van der Waals surface area contributed by atoms with Crippen molar-refractivity contribution in [2.45, 2.75) is 31.6 Å². The minimum absolute atomic E-state index is 0.0250. The third kappa shape index (κ3) is 4.14. The van der Waals surface area contributed by atoms with Crippen LogP contribution in [0.15, 0.2) is 47.4 Å². The van der Waals surface area contributed by atoms with Crippen molar-refractivity contribution in [3.8, 4) is 0 Å². The van der Waals surface area contributed by atoms with Gasteiger partial charge in [0.05, 0.1) is 22.3 Å². The number of hydrogen-bond acceptors (Lipinski definition) is 6. The summed E-state index contributed by atoms with van der Waals surface area (Å²) in [6.45, 7) is 5.14. The van der Waals surface area contributed by atoms with E-state index in [2.05, 4.69) is 9.62 Å². The number of nitrogens with zero attached hydrogens (tertiary/aromatic N) is 2. The van der Waals surface area contributed by atoms with Crippen molar-refractivity contribution in [2.75, 3.05) is 32.8 Å². The number of nitrogens with one attached hydrogen (secondary N) is 1. The zero-order chi connectivity index (χ0) is 22.4. The standard InChI is InChI=1S/C21H25N3O5S2/c1-15-13-19(24-21(25)16(2)14-30(24,26)27)9-10-20(15)31(28,29)22-17-5-7-18(8-6-17)23-11-3-4-12-23/h5-10,13,16,22H,3-4,11-12,14H2,1-2H3/t16-/m1/s1. The van der Waals surface area contributed by atoms with Crippen molar-refractivity contribution in [3.05, 3.63) is 48.0 Å². The molecule has 0 unspecified atom stereocenters. The molecule has 10 heteroatoms. The van der Waals surface area contributed by atoms with Crippen LogP contribution in [0, 0.1) is 12.8 Å². The number of sulfonamides is 2. The Morgan fingerprint density at radius 1 is 1.00 bits per heavy atom. The SMILES string of the molecule is Cc1cc(N2C(=O)[C@H](C)CS2(=O)=O)ccc1S(=O)(=O)Nc1ccc(N2CCCC2)cc1. The quantitative estimate of drug-likeness (QED) is 0.731. The lowest BCUT2D eigenvalue weighted by Gasteiger charge is -2.19. The van der Waals surface area contributed by atoms with Gasteiger partial charge in [-0.15, -0.1) is 0 Å². The van der Waals surface area contributed by atoms with Crippen LogP contribution in [0.5, 0.6) is 0 Å². The lowest BCUT2D eigenvalue weighted by molar-refractivity contribution is -0.119. The maximum Gasteiger partial charge on any atom is 0.262 e. The monoisotopic (exact) mass is 463 g/mol. The molecule has 0 spiro atoms. The summed E-state index contributed by atoms with van der Waals surface area (Å²) < 4.78 is 53.8. The summed E-state index contributed by atoms with van der Waals surface area (Å²) in [7, 11) is -7.63. The first-order valence-electron chi connectivity index (χ1n) is 10.1. The van der Waals surface area contributed by atoms with E-state index < -0.39 is 31.9 Å². The molecule has 31 heavy (non-hydrogen) atoms. The Labute approximate surface area is 183 Å². The molecule has 2 aliphatic heterocycles. The zero-order valence-electron chi connectivity index (χ0n) is 17.4. The molecule has 2 aromatic carbocycles. The minimum atomic E-state index is -3.89. The summed E-state index contributed by atoms with van der Waals surface area (Å²) >= 11 is 0. The zero-order valence-corrected chi connectivity index (χ0v) is 19.0. The second kappa shape index (κ2) is 7.83. The van der Waals surface area contributed by atoms with Gasteiger partial charge in [0.1, 0.15) is 0 Å². The number of carbonyl (C=O) groups is 1. The lowest BCUT2D eigenvalue weighted by atomic mass is 10.2. The summed E-state index contributed by atoms with van der Waals surface area (Å²) in [5.74, 6) is -1.38. The second-order valence-corrected chi connectivity index (χ2v) is 11.6. The molecule has 0 aliphatic carbocycles. The molecule has 166 valence electrons. The van der Waals surface area contributed by atoms with Crippen LogP contribution in [0.1, 0.15) is 25.3 Å². The van der Waals surface area contributed by atoms with Crippen molar-refractivity contribution in [1.82, 2.24) is 0 Å². The van der Waals surface area contributed by atoms with Gasteiger partial charge in [-0.3, -0.25) is 9.52 Å². The predicted molar refractivity (Wildman–Crippen MR) is 120 cm³/mol. The van der Waals surface area contributed by atoms with Crippen molar-refractivity contribution in [3.63, 3.8) is 0 Å². The van der Waals surface area contributed by atoms with E-state index in [0.29, 0.717) is 11.3 Å². The fourth-order valence-electron chi connectivity index (χ4n) is 4.07. The van der Waals surface area contributed by atoms with Crippen molar-refractivity contribution in [2.24, 2.45) is 5.92 Å². The lowest BCUT2D eigenvalue weighted by Crippen LogP contribution is -2.30. The molecule has 2 fully saturated rings. The Hall–Kier alpha value is -2.59. The first-order valence-corrected chi connectivity index (χ1v) is 13.2. The van der Waals surface area contributed by atoms with Crippen LogP contribution >= 0.6 is 0 Å². The van der Waals surface area contributed by atoms with Crippen molar-refractivity contribution >= 4 is 43.0 Å². The molecule has 8 nitrogen and oxygen atoms in total. The largest absolute Gasteiger partial charge is 0.372 e. The van der Waals surface area contributed by atoms with Crippen molar-refractivity contribution < 1.29 is 21.6 Å². The third-order valence-corrected chi connectivity index (χ3v) is 9.04. The van der Waals surface area contributed by atoms with Gasteiger partial charge >= 0.3 is 0 Å². The van der Waals surface area contributed by atoms with Gasteiger partial charge < -0.3 is 4.90 Å². The molecular weight excluding hydrogens is 438 g/mol. The Bertz CT molecular complexity index is 1220. The van der Waals surface area contributed by atoms with Gasteiger partial charge in [-0.2, -0.15) is 0 Å². The summed E-state index contributed by atoms with van der Waals surface area (Å²) in [6.07, 6.45) is 2.32. The van der Waals surface area contributed by atoms with Gasteiger partial charge in [0.25, 0.3) is 10.0 Å². The van der Waals surface area contributed by atoms with E-state index in [9.17, 15) is 21.6 Å². The van der Waals surface area contributed by atoms with E-state index in [0.717, 1.165) is 35.9 Å². The third-order valence-electron chi connectivity index (χ3n) is 5.63. The second-order valence-electron chi connectivity index (χ2n) is 8.08. The number of aryl methyl sites for hydroxylation is 1. The predicted octanol–water partition coefficient (Wildman–Crippen LogP) is 2.71.